The number of nitrogens with one attached hydrogen (secondary N) is 8. The van der Waals surface area contributed by atoms with Crippen molar-refractivity contribution in [2.24, 2.45) is 98.8 Å². The van der Waals surface area contributed by atoms with Gasteiger partial charge in [0.1, 0.15) is 49.0 Å². The normalized spacial score (nSPS) is 15.4. The highest BCUT2D eigenvalue weighted by atomic mass is 31.1. The lowest BCUT2D eigenvalue weighted by atomic mass is 10.0. The summed E-state index contributed by atoms with van der Waals surface area (Å²) in [6, 6.07) is -8.51. The number of H-pyrrole nitrogens is 1. The summed E-state index contributed by atoms with van der Waals surface area (Å²) in [6.45, 7) is -0.0689. The molecule has 1 fully saturated rings. The smallest absolute Gasteiger partial charge is 0.370 e. The SMILES string of the molecule is CC(=O)N[C@@H](CCCN=C(N)N)C(=O)N[C@@H](CCCN=C(N)N)C(=O)N[C@@H](CCCN=C(N)N)C(=O)N[C@@H](CCCN=C(N)N)C(=O)N[C@@H](CCCN=C(N)N)C(=O)N[C@@H](CCCN=C(N)N)C(=O)NCC(=O)N1C[C@@H](CO[P+](=O)N(C)C)O[C@@H](n2cnc3c(=O)[nH]c(N)nc32)C1. The van der Waals surface area contributed by atoms with Crippen molar-refractivity contribution in [1.29, 1.82) is 0 Å². The van der Waals surface area contributed by atoms with Crippen molar-refractivity contribution in [1.82, 2.24) is 66.3 Å². The van der Waals surface area contributed by atoms with Crippen LogP contribution in [0, 0.1) is 0 Å². The third-order valence-electron chi connectivity index (χ3n) is 13.9. The van der Waals surface area contributed by atoms with Crippen LogP contribution >= 0.6 is 8.18 Å². The highest BCUT2D eigenvalue weighted by Crippen LogP contribution is 2.28. The number of morpholine rings is 1. The summed E-state index contributed by atoms with van der Waals surface area (Å²) in [7, 11) is 0.747. The number of amides is 8. The fourth-order valence-corrected chi connectivity index (χ4v) is 9.85. The Hall–Kier alpha value is -10.5. The van der Waals surface area contributed by atoms with E-state index in [1.54, 1.807) is 0 Å². The molecule has 0 saturated carbocycles. The van der Waals surface area contributed by atoms with Gasteiger partial charge in [-0.2, -0.15) is 4.98 Å². The summed E-state index contributed by atoms with van der Waals surface area (Å²) in [6.07, 6.45) is -0.840. The lowest BCUT2D eigenvalue weighted by Gasteiger charge is -2.37. The van der Waals surface area contributed by atoms with E-state index in [1.165, 1.54) is 41.5 Å². The first kappa shape index (κ1) is 80.7. The Labute approximate surface area is 558 Å². The van der Waals surface area contributed by atoms with Crippen LogP contribution in [0.15, 0.2) is 41.1 Å². The molecule has 540 valence electrons. The summed E-state index contributed by atoms with van der Waals surface area (Å²) in [5, 5.41) is 18.4. The average molecular weight is 1390 g/mol. The Morgan fingerprint density at radius 2 is 0.918 bits per heavy atom. The molecule has 34 N–H and O–H groups in total. The van der Waals surface area contributed by atoms with Crippen LogP contribution < -0.4 is 117 Å². The number of aromatic nitrogens is 4. The van der Waals surface area contributed by atoms with Crippen molar-refractivity contribution >= 4 is 108 Å². The van der Waals surface area contributed by atoms with Crippen molar-refractivity contribution in [3.05, 3.63) is 16.7 Å². The number of aliphatic imine (C=N–C) groups is 6. The van der Waals surface area contributed by atoms with E-state index in [4.69, 9.17) is 83.8 Å². The number of fused-ring (bicyclic) bond motifs is 1. The number of nitrogen functional groups attached to an aromatic ring is 1. The first-order valence-electron chi connectivity index (χ1n) is 30.7. The maximum atomic E-state index is 14.7. The number of nitrogens with two attached hydrogens (primary N) is 13. The minimum Gasteiger partial charge on any atom is -0.370 e. The zero-order valence-electron chi connectivity index (χ0n) is 54.5. The molecule has 3 heterocycles. The highest BCUT2D eigenvalue weighted by molar-refractivity contribution is 7.36. The maximum Gasteiger partial charge on any atom is 0.615 e. The Morgan fingerprint density at radius 1 is 0.577 bits per heavy atom. The minimum atomic E-state index is -2.31. The van der Waals surface area contributed by atoms with E-state index in [2.05, 4.69) is 82.1 Å². The third kappa shape index (κ3) is 31.1. The van der Waals surface area contributed by atoms with Crippen LogP contribution in [0.5, 0.6) is 0 Å². The molecule has 0 aliphatic carbocycles. The van der Waals surface area contributed by atoms with Gasteiger partial charge >= 0.3 is 8.18 Å². The predicted molar refractivity (Wildman–Crippen MR) is 360 cm³/mol. The van der Waals surface area contributed by atoms with Gasteiger partial charge in [0, 0.05) is 66.8 Å². The molecule has 2 aromatic rings. The van der Waals surface area contributed by atoms with Crippen LogP contribution in [0.4, 0.5) is 5.95 Å². The molecule has 8 amide bonds. The number of guanidine groups is 6. The van der Waals surface area contributed by atoms with Crippen molar-refractivity contribution in [3.63, 3.8) is 0 Å². The second kappa shape index (κ2) is 42.1. The van der Waals surface area contributed by atoms with E-state index in [1.807, 2.05) is 0 Å². The molecule has 1 unspecified atom stereocenters. The van der Waals surface area contributed by atoms with Crippen molar-refractivity contribution in [2.75, 3.05) is 85.3 Å². The Bertz CT molecular complexity index is 3220. The van der Waals surface area contributed by atoms with Gasteiger partial charge in [0.2, 0.25) is 53.2 Å². The standard InChI is InChI=1S/C52H95N32O12P/c1-27(85)74-30(11-5-17-67-47(55)56)40(88)76-32(13-7-19-69-49(59)60)42(90)78-34(15-9-21-71-51(63)64)44(92)79-33(14-8-20-70-50(61)62)43(91)77-31(12-6-18-68-48(57)58)41(89)75-29(10-4-16-66-46(53)54)39(87)72-22-35(86)83-23-28(25-95-97(94)82(2)3)96-36(24-83)84-26-73-37-38(84)80-52(65)81-45(37)93/h26,28-34,36H,4-25H2,1-3H3,(H33-,53,54,55,56,57,58,59,60,61,62,63,64,65,66,67,68,69,70,71,72,74,75,76,77,78,79,80,81,85,87,88,89,90,91,92,93)/p+1/t28-,29-,30-,31-,32-,33-,34-,36+/m0/s1. The van der Waals surface area contributed by atoms with Gasteiger partial charge in [-0.25, -0.2) is 4.98 Å². The fraction of sp³-hybridized carbons (Fsp3) is 0.635. The Kier molecular flexibility index (Phi) is 35.0. The number of carbonyl (C=O) groups excluding carboxylic acids is 8. The van der Waals surface area contributed by atoms with E-state index >= 15 is 0 Å². The molecule has 1 aliphatic rings. The van der Waals surface area contributed by atoms with Crippen molar-refractivity contribution in [2.45, 2.75) is 133 Å². The van der Waals surface area contributed by atoms with Gasteiger partial charge in [0.05, 0.1) is 19.4 Å². The molecule has 0 aromatic carbocycles. The van der Waals surface area contributed by atoms with Gasteiger partial charge in [-0.05, 0) is 81.6 Å². The van der Waals surface area contributed by atoms with E-state index in [-0.39, 0.29) is 189 Å². The van der Waals surface area contributed by atoms with Crippen LogP contribution in [0.3, 0.4) is 0 Å². The molecule has 0 radical (unpaired) electrons. The van der Waals surface area contributed by atoms with Crippen LogP contribution in [-0.2, 0) is 52.2 Å². The van der Waals surface area contributed by atoms with Crippen molar-refractivity contribution < 1.29 is 52.2 Å². The van der Waals surface area contributed by atoms with Crippen LogP contribution in [0.2, 0.25) is 0 Å². The van der Waals surface area contributed by atoms with Gasteiger partial charge in [-0.1, -0.05) is 4.67 Å². The molecule has 45 heteroatoms. The molecular formula is C52H96N32O12P+. The Morgan fingerprint density at radius 3 is 1.25 bits per heavy atom. The second-order valence-electron chi connectivity index (χ2n) is 22.1. The Balaban J connectivity index is 2.02. The van der Waals surface area contributed by atoms with Gasteiger partial charge in [-0.3, -0.25) is 82.7 Å². The molecule has 0 bridgehead atoms. The van der Waals surface area contributed by atoms with E-state index in [9.17, 15) is 47.7 Å². The molecule has 9 atom stereocenters. The maximum absolute atomic E-state index is 14.7. The lowest BCUT2D eigenvalue weighted by molar-refractivity contribution is -0.157. The first-order valence-corrected chi connectivity index (χ1v) is 31.8. The number of hydrogen-bond donors (Lipinski definition) is 21. The average Bonchev–Trinajstić information content (AvgIpc) is 1.67. The second-order valence-corrected chi connectivity index (χ2v) is 23.7. The summed E-state index contributed by atoms with van der Waals surface area (Å²) in [4.78, 5) is 161. The van der Waals surface area contributed by atoms with Crippen molar-refractivity contribution in [3.8, 4) is 0 Å². The highest BCUT2D eigenvalue weighted by Gasteiger charge is 2.38. The lowest BCUT2D eigenvalue weighted by Crippen LogP contribution is -2.60. The predicted octanol–water partition coefficient (Wildman–Crippen LogP) is -9.97. The van der Waals surface area contributed by atoms with Gasteiger partial charge in [0.15, 0.2) is 53.1 Å². The molecule has 3 rings (SSSR count). The first-order chi connectivity index (χ1) is 45.8. The molecule has 1 saturated heterocycles. The third-order valence-corrected chi connectivity index (χ3v) is 14.9. The van der Waals surface area contributed by atoms with Crippen LogP contribution in [-0.4, -0.2) is 234 Å². The summed E-state index contributed by atoms with van der Waals surface area (Å²) >= 11 is 0. The zero-order chi connectivity index (χ0) is 72.3. The fourth-order valence-electron chi connectivity index (χ4n) is 9.32. The van der Waals surface area contributed by atoms with E-state index < -0.39 is 116 Å². The molecular weight excluding hydrogens is 1300 g/mol. The number of nitrogens with zero attached hydrogens (tertiary/aromatic N) is 11. The number of carbonyl (C=O) groups is 8. The van der Waals surface area contributed by atoms with Crippen LogP contribution in [0.1, 0.15) is 90.2 Å². The number of hydrogen-bond acceptors (Lipinski definition) is 21. The minimum absolute atomic E-state index is 0.0135. The molecule has 2 aromatic heterocycles. The topological polar surface area (TPSA) is 739 Å². The molecule has 97 heavy (non-hydrogen) atoms. The van der Waals surface area contributed by atoms with E-state index in [0.29, 0.717) is 0 Å². The van der Waals surface area contributed by atoms with Gasteiger partial charge in [0.25, 0.3) is 5.56 Å². The number of anilines is 1. The number of imidazole rings is 1. The molecule has 0 spiro atoms. The number of rotatable bonds is 43. The van der Waals surface area contributed by atoms with Gasteiger partial charge in [-0.15, -0.1) is 4.52 Å². The molecule has 44 nitrogen and oxygen atoms in total. The summed E-state index contributed by atoms with van der Waals surface area (Å²) in [5.74, 6) is -8.34. The number of ether oxygens (including phenoxy) is 1. The largest absolute Gasteiger partial charge is 0.615 e. The summed E-state index contributed by atoms with van der Waals surface area (Å²) < 4.78 is 27.1. The van der Waals surface area contributed by atoms with E-state index in [0.717, 1.165) is 0 Å². The van der Waals surface area contributed by atoms with Crippen LogP contribution in [0.25, 0.3) is 11.2 Å². The number of aromatic amines is 1. The monoisotopic (exact) mass is 1390 g/mol. The summed E-state index contributed by atoms with van der Waals surface area (Å²) in [5.41, 5.74) is 71.8. The zero-order valence-corrected chi connectivity index (χ0v) is 55.4. The quantitative estimate of drug-likeness (QED) is 0.0127. The van der Waals surface area contributed by atoms with Gasteiger partial charge < -0.3 is 121 Å². The molecule has 1 aliphatic heterocycles.